The number of urea groups is 1. The summed E-state index contributed by atoms with van der Waals surface area (Å²) in [6, 6.07) is 5.39. The number of carbonyl (C=O) groups excluding carboxylic acids is 3. The van der Waals surface area contributed by atoms with Gasteiger partial charge in [-0.15, -0.1) is 0 Å². The Hall–Kier alpha value is -2.44. The number of hydrogen-bond acceptors (Lipinski definition) is 3. The average Bonchev–Trinajstić information content (AvgIpc) is 3.36. The largest absolute Gasteiger partial charge is 0.347 e. The van der Waals surface area contributed by atoms with Gasteiger partial charge in [-0.25, -0.2) is 9.18 Å². The summed E-state index contributed by atoms with van der Waals surface area (Å²) in [7, 11) is 0. The van der Waals surface area contributed by atoms with E-state index < -0.39 is 5.91 Å². The van der Waals surface area contributed by atoms with Gasteiger partial charge in [0, 0.05) is 6.04 Å². The lowest BCUT2D eigenvalue weighted by atomic mass is 9.96. The third kappa shape index (κ3) is 3.81. The molecule has 1 aromatic rings. The number of amides is 4. The van der Waals surface area contributed by atoms with Crippen molar-refractivity contribution in [2.24, 2.45) is 5.92 Å². The zero-order valence-corrected chi connectivity index (χ0v) is 14.4. The molecular weight excluding hydrogens is 325 g/mol. The van der Waals surface area contributed by atoms with E-state index in [1.54, 1.807) is 12.1 Å². The maximum absolute atomic E-state index is 13.1. The lowest BCUT2D eigenvalue weighted by Crippen LogP contribution is -2.43. The Kier molecular flexibility index (Phi) is 4.74. The molecule has 2 fully saturated rings. The van der Waals surface area contributed by atoms with Crippen molar-refractivity contribution in [3.63, 3.8) is 0 Å². The predicted molar refractivity (Wildman–Crippen MR) is 89.0 cm³/mol. The van der Waals surface area contributed by atoms with Crippen LogP contribution in [-0.4, -0.2) is 46.8 Å². The molecule has 0 spiro atoms. The lowest BCUT2D eigenvalue weighted by molar-refractivity contribution is -0.131. The summed E-state index contributed by atoms with van der Waals surface area (Å²) in [5.41, 5.74) is 0.781. The van der Waals surface area contributed by atoms with E-state index in [-0.39, 0.29) is 48.8 Å². The van der Waals surface area contributed by atoms with Crippen LogP contribution in [-0.2, 0) is 9.59 Å². The Bertz CT molecular complexity index is 685. The van der Waals surface area contributed by atoms with Crippen LogP contribution < -0.4 is 5.32 Å². The summed E-state index contributed by atoms with van der Waals surface area (Å²) in [6.07, 6.45) is 1.83. The van der Waals surface area contributed by atoms with Crippen LogP contribution in [0.2, 0.25) is 0 Å². The molecule has 1 atom stereocenters. The number of halogens is 1. The molecule has 1 saturated carbocycles. The highest BCUT2D eigenvalue weighted by Crippen LogP contribution is 2.30. The first-order valence-electron chi connectivity index (χ1n) is 8.52. The molecule has 4 amide bonds. The van der Waals surface area contributed by atoms with Gasteiger partial charge < -0.3 is 10.2 Å². The molecule has 1 heterocycles. The standard InChI is InChI=1S/C18H22FN3O3/c1-11(2)17(12-3-5-13(19)6-4-12)20-15(23)9-22-16(24)10-21(18(22)25)14-7-8-14/h3-6,11,14,17H,7-10H2,1-2H3,(H,20,23). The van der Waals surface area contributed by atoms with E-state index in [0.717, 1.165) is 23.3 Å². The second kappa shape index (κ2) is 6.82. The van der Waals surface area contributed by atoms with Gasteiger partial charge >= 0.3 is 6.03 Å². The fraction of sp³-hybridized carbons (Fsp3) is 0.500. The molecule has 1 aliphatic heterocycles. The summed E-state index contributed by atoms with van der Waals surface area (Å²) < 4.78 is 13.1. The number of hydrogen-bond donors (Lipinski definition) is 1. The van der Waals surface area contributed by atoms with Crippen LogP contribution in [0.5, 0.6) is 0 Å². The molecule has 25 heavy (non-hydrogen) atoms. The molecule has 7 heteroatoms. The first-order chi connectivity index (χ1) is 11.9. The Morgan fingerprint density at radius 2 is 1.88 bits per heavy atom. The third-order valence-corrected chi connectivity index (χ3v) is 4.58. The SMILES string of the molecule is CC(C)C(NC(=O)CN1C(=O)CN(C2CC2)C1=O)c1ccc(F)cc1. The van der Waals surface area contributed by atoms with Crippen LogP contribution in [0.4, 0.5) is 9.18 Å². The number of carbonyl (C=O) groups is 3. The zero-order chi connectivity index (χ0) is 18.1. The molecule has 1 aliphatic carbocycles. The minimum absolute atomic E-state index is 0.0579. The van der Waals surface area contributed by atoms with E-state index >= 15 is 0 Å². The fourth-order valence-corrected chi connectivity index (χ4v) is 3.06. The van der Waals surface area contributed by atoms with Crippen molar-refractivity contribution in [3.8, 4) is 0 Å². The van der Waals surface area contributed by atoms with Gasteiger partial charge in [-0.2, -0.15) is 0 Å². The smallest absolute Gasteiger partial charge is 0.327 e. The second-order valence-electron chi connectivity index (χ2n) is 6.96. The molecule has 1 aromatic carbocycles. The summed E-state index contributed by atoms with van der Waals surface area (Å²) in [6.45, 7) is 3.65. The topological polar surface area (TPSA) is 69.7 Å². The molecule has 1 unspecified atom stereocenters. The quantitative estimate of drug-likeness (QED) is 0.801. The molecule has 0 aromatic heterocycles. The van der Waals surface area contributed by atoms with E-state index in [4.69, 9.17) is 0 Å². The minimum atomic E-state index is -0.401. The maximum atomic E-state index is 13.1. The third-order valence-electron chi connectivity index (χ3n) is 4.58. The Morgan fingerprint density at radius 3 is 2.44 bits per heavy atom. The number of benzene rings is 1. The van der Waals surface area contributed by atoms with E-state index in [9.17, 15) is 18.8 Å². The van der Waals surface area contributed by atoms with Crippen molar-refractivity contribution >= 4 is 17.8 Å². The van der Waals surface area contributed by atoms with Gasteiger partial charge in [0.05, 0.1) is 6.04 Å². The van der Waals surface area contributed by atoms with Crippen molar-refractivity contribution < 1.29 is 18.8 Å². The molecule has 2 aliphatic rings. The van der Waals surface area contributed by atoms with Crippen LogP contribution >= 0.6 is 0 Å². The zero-order valence-electron chi connectivity index (χ0n) is 14.4. The average molecular weight is 347 g/mol. The van der Waals surface area contributed by atoms with Gasteiger partial charge in [0.2, 0.25) is 5.91 Å². The highest BCUT2D eigenvalue weighted by atomic mass is 19.1. The highest BCUT2D eigenvalue weighted by Gasteiger charge is 2.44. The van der Waals surface area contributed by atoms with Crippen LogP contribution in [0, 0.1) is 11.7 Å². The van der Waals surface area contributed by atoms with Gasteiger partial charge in [0.1, 0.15) is 18.9 Å². The first kappa shape index (κ1) is 17.4. The van der Waals surface area contributed by atoms with E-state index in [1.165, 1.54) is 17.0 Å². The number of nitrogens with one attached hydrogen (secondary N) is 1. The monoisotopic (exact) mass is 347 g/mol. The summed E-state index contributed by atoms with van der Waals surface area (Å²) >= 11 is 0. The highest BCUT2D eigenvalue weighted by molar-refractivity contribution is 6.04. The van der Waals surface area contributed by atoms with Crippen LogP contribution in [0.15, 0.2) is 24.3 Å². The Balaban J connectivity index is 1.64. The molecule has 134 valence electrons. The summed E-state index contributed by atoms with van der Waals surface area (Å²) in [5.74, 6) is -1.01. The van der Waals surface area contributed by atoms with Crippen molar-refractivity contribution in [3.05, 3.63) is 35.6 Å². The number of imide groups is 1. The van der Waals surface area contributed by atoms with E-state index in [2.05, 4.69) is 5.32 Å². The fourth-order valence-electron chi connectivity index (χ4n) is 3.06. The minimum Gasteiger partial charge on any atom is -0.347 e. The molecule has 6 nitrogen and oxygen atoms in total. The maximum Gasteiger partial charge on any atom is 0.327 e. The summed E-state index contributed by atoms with van der Waals surface area (Å²) in [4.78, 5) is 39.2. The van der Waals surface area contributed by atoms with Crippen LogP contribution in [0.25, 0.3) is 0 Å². The molecule has 0 radical (unpaired) electrons. The van der Waals surface area contributed by atoms with Gasteiger partial charge in [-0.05, 0) is 36.5 Å². The molecule has 1 saturated heterocycles. The van der Waals surface area contributed by atoms with E-state index in [0.29, 0.717) is 0 Å². The predicted octanol–water partition coefficient (Wildman–Crippen LogP) is 2.07. The Morgan fingerprint density at radius 1 is 1.24 bits per heavy atom. The molecular formula is C18H22FN3O3. The number of rotatable bonds is 6. The Labute approximate surface area is 146 Å². The van der Waals surface area contributed by atoms with Crippen molar-refractivity contribution in [2.45, 2.75) is 38.8 Å². The van der Waals surface area contributed by atoms with Gasteiger partial charge in [-0.1, -0.05) is 26.0 Å². The summed E-state index contributed by atoms with van der Waals surface area (Å²) in [5, 5.41) is 2.85. The van der Waals surface area contributed by atoms with Gasteiger partial charge in [0.25, 0.3) is 5.91 Å². The first-order valence-corrected chi connectivity index (χ1v) is 8.52. The molecule has 1 N–H and O–H groups in total. The van der Waals surface area contributed by atoms with Crippen molar-refractivity contribution in [2.75, 3.05) is 13.1 Å². The van der Waals surface area contributed by atoms with Crippen LogP contribution in [0.1, 0.15) is 38.3 Å². The normalized spacial score (nSPS) is 18.9. The second-order valence-corrected chi connectivity index (χ2v) is 6.96. The van der Waals surface area contributed by atoms with Crippen molar-refractivity contribution in [1.29, 1.82) is 0 Å². The number of nitrogens with zero attached hydrogens (tertiary/aromatic N) is 2. The molecule has 0 bridgehead atoms. The van der Waals surface area contributed by atoms with Gasteiger partial charge in [0.15, 0.2) is 0 Å². The lowest BCUT2D eigenvalue weighted by Gasteiger charge is -2.24. The molecule has 3 rings (SSSR count). The van der Waals surface area contributed by atoms with Crippen molar-refractivity contribution in [1.82, 2.24) is 15.1 Å². The van der Waals surface area contributed by atoms with E-state index in [1.807, 2.05) is 13.8 Å². The van der Waals surface area contributed by atoms with Gasteiger partial charge in [-0.3, -0.25) is 14.5 Å². The van der Waals surface area contributed by atoms with Crippen LogP contribution in [0.3, 0.4) is 0 Å².